The lowest BCUT2D eigenvalue weighted by Crippen LogP contribution is -2.57. The Morgan fingerprint density at radius 3 is 2.50 bits per heavy atom. The van der Waals surface area contributed by atoms with Crippen LogP contribution in [0.25, 0.3) is 0 Å². The molecule has 0 unspecified atom stereocenters. The fourth-order valence-corrected chi connectivity index (χ4v) is 8.14. The fraction of sp³-hybridized carbons (Fsp3) is 0.576. The zero-order chi connectivity index (χ0) is 32.4. The summed E-state index contributed by atoms with van der Waals surface area (Å²) in [5, 5.41) is 13.0. The maximum Gasteiger partial charge on any atom is 0.313 e. The molecule has 0 radical (unpaired) electrons. The van der Waals surface area contributed by atoms with Crippen molar-refractivity contribution in [2.24, 2.45) is 11.8 Å². The molecule has 1 aromatic rings. The number of aliphatic hydroxyl groups is 1. The maximum atomic E-state index is 14.6. The van der Waals surface area contributed by atoms with Crippen LogP contribution >= 0.6 is 15.9 Å². The molecule has 12 nitrogen and oxygen atoms in total. The highest BCUT2D eigenvalue weighted by Gasteiger charge is 2.75. The molecule has 2 N–H and O–H groups in total. The molecule has 5 bridgehead atoms. The van der Waals surface area contributed by atoms with E-state index in [2.05, 4.69) is 26.1 Å². The van der Waals surface area contributed by atoms with Gasteiger partial charge in [-0.2, -0.15) is 0 Å². The van der Waals surface area contributed by atoms with Crippen LogP contribution in [0.4, 0.5) is 0 Å². The van der Waals surface area contributed by atoms with E-state index in [1.54, 1.807) is 17.9 Å². The van der Waals surface area contributed by atoms with E-state index < -0.39 is 53.6 Å². The van der Waals surface area contributed by atoms with Gasteiger partial charge in [-0.1, -0.05) is 58.4 Å². The van der Waals surface area contributed by atoms with Crippen molar-refractivity contribution in [1.82, 2.24) is 20.0 Å². The molecule has 0 aliphatic carbocycles. The van der Waals surface area contributed by atoms with Crippen molar-refractivity contribution >= 4 is 39.6 Å². The summed E-state index contributed by atoms with van der Waals surface area (Å²) in [6, 6.07) is 7.50. The number of rotatable bonds is 6. The molecule has 13 heteroatoms. The lowest BCUT2D eigenvalue weighted by molar-refractivity contribution is -0.161. The number of nitrogens with zero attached hydrogens (tertiary/aromatic N) is 3. The van der Waals surface area contributed by atoms with Crippen LogP contribution < -0.4 is 5.32 Å². The van der Waals surface area contributed by atoms with Crippen LogP contribution in [0.15, 0.2) is 53.0 Å². The van der Waals surface area contributed by atoms with Crippen LogP contribution in [0.5, 0.6) is 0 Å². The Bertz CT molecular complexity index is 1380. The summed E-state index contributed by atoms with van der Waals surface area (Å²) >= 11 is 3.57. The van der Waals surface area contributed by atoms with Gasteiger partial charge in [0, 0.05) is 50.2 Å². The number of β-amino-alcohol motifs (C(OH)–C–C–N with tert-alkyl or cyclic N) is 1. The quantitative estimate of drug-likeness (QED) is 0.331. The number of fused-ring (bicyclic) bond motifs is 2. The third-order valence-corrected chi connectivity index (χ3v) is 10.3. The number of carbonyl (C=O) groups excluding carboxylic acids is 4. The molecule has 3 fully saturated rings. The number of hydrogen-bond acceptors (Lipinski definition) is 9. The van der Waals surface area contributed by atoms with Gasteiger partial charge in [-0.15, -0.1) is 0 Å². The van der Waals surface area contributed by atoms with Crippen molar-refractivity contribution in [1.29, 1.82) is 0 Å². The van der Waals surface area contributed by atoms with Crippen molar-refractivity contribution in [3.63, 3.8) is 0 Å². The third-order valence-electron chi connectivity index (χ3n) is 9.62. The van der Waals surface area contributed by atoms with Gasteiger partial charge in [-0.05, 0) is 25.0 Å². The summed E-state index contributed by atoms with van der Waals surface area (Å²) in [5.74, 6) is -3.68. The topological polar surface area (TPSA) is 138 Å². The first kappa shape index (κ1) is 32.8. The molecule has 5 aliphatic rings. The summed E-state index contributed by atoms with van der Waals surface area (Å²) in [4.78, 5) is 61.2. The Morgan fingerprint density at radius 1 is 1.00 bits per heavy atom. The smallest absolute Gasteiger partial charge is 0.313 e. The molecule has 3 saturated heterocycles. The summed E-state index contributed by atoms with van der Waals surface area (Å²) in [6.07, 6.45) is 4.52. The Labute approximate surface area is 276 Å². The minimum absolute atomic E-state index is 0.0857. The number of ether oxygens (including phenoxy) is 3. The van der Waals surface area contributed by atoms with E-state index in [1.807, 2.05) is 42.5 Å². The Kier molecular flexibility index (Phi) is 9.95. The highest BCUT2D eigenvalue weighted by atomic mass is 79.9. The van der Waals surface area contributed by atoms with E-state index in [0.29, 0.717) is 42.8 Å². The van der Waals surface area contributed by atoms with Gasteiger partial charge in [-0.3, -0.25) is 24.1 Å². The van der Waals surface area contributed by atoms with Crippen molar-refractivity contribution < 1.29 is 38.5 Å². The van der Waals surface area contributed by atoms with E-state index in [-0.39, 0.29) is 37.9 Å². The third kappa shape index (κ3) is 6.15. The number of amides is 3. The van der Waals surface area contributed by atoms with Crippen LogP contribution in [0, 0.1) is 11.8 Å². The number of aliphatic hydroxyl groups excluding tert-OH is 1. The highest BCUT2D eigenvalue weighted by molar-refractivity contribution is 9.11. The number of cyclic esters (lactones) is 1. The van der Waals surface area contributed by atoms with E-state index >= 15 is 0 Å². The zero-order valence-corrected chi connectivity index (χ0v) is 27.5. The summed E-state index contributed by atoms with van der Waals surface area (Å²) in [6.45, 7) is 5.35. The van der Waals surface area contributed by atoms with Crippen molar-refractivity contribution in [2.45, 2.75) is 49.7 Å². The standard InChI is InChI=1S/C33H41BrN4O8/c1-21-27(22-8-4-2-5-9-22)45-32(43)25-26-30(41)38(14-17-39)29(33(26)20-23(34)28(25)46-33)31(42)37(11-7-3-6-10-24(40)35-21)13-12-36-15-18-44-19-16-36/h2-5,7-9,20-21,25-29,39H,6,10-19H2,1H3,(H,35,40)/b7-3-/t21-,25+,26-,27+,28+,29+,33-/m1/s1. The van der Waals surface area contributed by atoms with E-state index in [9.17, 15) is 24.3 Å². The van der Waals surface area contributed by atoms with Gasteiger partial charge >= 0.3 is 5.97 Å². The second kappa shape index (κ2) is 13.9. The van der Waals surface area contributed by atoms with Gasteiger partial charge in [0.15, 0.2) is 0 Å². The molecule has 5 aliphatic heterocycles. The number of likely N-dealkylation sites (tertiary alicyclic amines) is 1. The van der Waals surface area contributed by atoms with E-state index in [0.717, 1.165) is 13.1 Å². The van der Waals surface area contributed by atoms with Gasteiger partial charge < -0.3 is 34.4 Å². The average molecular weight is 702 g/mol. The number of allylic oxidation sites excluding steroid dienone is 1. The second-order valence-electron chi connectivity index (χ2n) is 12.5. The molecule has 1 spiro atoms. The second-order valence-corrected chi connectivity index (χ2v) is 13.4. The van der Waals surface area contributed by atoms with Gasteiger partial charge in [0.2, 0.25) is 17.7 Å². The number of halogens is 1. The molecule has 6 rings (SSSR count). The van der Waals surface area contributed by atoms with E-state index in [1.165, 1.54) is 4.90 Å². The zero-order valence-electron chi connectivity index (χ0n) is 25.9. The average Bonchev–Trinajstić information content (AvgIpc) is 3.64. The minimum atomic E-state index is -1.42. The lowest BCUT2D eigenvalue weighted by Gasteiger charge is -2.36. The fourth-order valence-electron chi connectivity index (χ4n) is 7.41. The van der Waals surface area contributed by atoms with Crippen LogP contribution in [-0.2, 0) is 33.4 Å². The van der Waals surface area contributed by atoms with Gasteiger partial charge in [0.25, 0.3) is 0 Å². The van der Waals surface area contributed by atoms with Gasteiger partial charge in [-0.25, -0.2) is 0 Å². The van der Waals surface area contributed by atoms with Crippen LogP contribution in [0.2, 0.25) is 0 Å². The Hall–Kier alpha value is -3.10. The molecule has 0 aromatic heterocycles. The first-order chi connectivity index (χ1) is 22.2. The summed E-state index contributed by atoms with van der Waals surface area (Å²) in [5.41, 5.74) is -0.730. The molecule has 7 atom stereocenters. The van der Waals surface area contributed by atoms with Crippen LogP contribution in [0.1, 0.15) is 31.4 Å². The molecule has 46 heavy (non-hydrogen) atoms. The molecule has 248 valence electrons. The molecule has 1 aromatic carbocycles. The summed E-state index contributed by atoms with van der Waals surface area (Å²) in [7, 11) is 0. The number of morpholine rings is 1. The van der Waals surface area contributed by atoms with Crippen LogP contribution in [-0.4, -0.2) is 126 Å². The molecular formula is C33H41BrN4O8. The Morgan fingerprint density at radius 2 is 1.76 bits per heavy atom. The Balaban J connectivity index is 1.38. The predicted octanol–water partition coefficient (Wildman–Crippen LogP) is 1.15. The normalized spacial score (nSPS) is 34.7. The van der Waals surface area contributed by atoms with Crippen LogP contribution in [0.3, 0.4) is 0 Å². The summed E-state index contributed by atoms with van der Waals surface area (Å²) < 4.78 is 18.8. The molecular weight excluding hydrogens is 660 g/mol. The number of hydrogen-bond donors (Lipinski definition) is 2. The number of esters is 1. The largest absolute Gasteiger partial charge is 0.455 e. The molecule has 5 heterocycles. The van der Waals surface area contributed by atoms with E-state index in [4.69, 9.17) is 14.2 Å². The molecule has 0 saturated carbocycles. The number of nitrogens with one attached hydrogen (secondary N) is 1. The number of carbonyl (C=O) groups is 4. The molecule has 3 amide bonds. The first-order valence-corrected chi connectivity index (χ1v) is 16.8. The highest BCUT2D eigenvalue weighted by Crippen LogP contribution is 2.59. The predicted molar refractivity (Wildman–Crippen MR) is 169 cm³/mol. The van der Waals surface area contributed by atoms with Crippen molar-refractivity contribution in [3.8, 4) is 0 Å². The minimum Gasteiger partial charge on any atom is -0.455 e. The maximum absolute atomic E-state index is 14.6. The monoisotopic (exact) mass is 700 g/mol. The SMILES string of the molecule is C[C@H]1NC(=O)CC/C=C\CN(CCN2CCOCC2)C(=O)[C@@H]2N(CCO)C(=O)[C@H]3[C@H](C(=O)O[C@@H]1c1ccccc1)[C@H]1O[C@@]23C=C1Br. The number of benzene rings is 1. The van der Waals surface area contributed by atoms with Gasteiger partial charge in [0.05, 0.1) is 31.8 Å². The van der Waals surface area contributed by atoms with Gasteiger partial charge in [0.1, 0.15) is 29.8 Å². The van der Waals surface area contributed by atoms with Crippen molar-refractivity contribution in [3.05, 3.63) is 58.6 Å². The first-order valence-electron chi connectivity index (χ1n) is 16.0. The lowest BCUT2D eigenvalue weighted by atomic mass is 9.74. The van der Waals surface area contributed by atoms with Crippen molar-refractivity contribution in [2.75, 3.05) is 59.1 Å².